The Morgan fingerprint density at radius 3 is 2.47 bits per heavy atom. The molecular weight excluding hydrogens is 213 g/mol. The van der Waals surface area contributed by atoms with Crippen molar-refractivity contribution in [2.45, 2.75) is 46.6 Å². The fourth-order valence-corrected chi connectivity index (χ4v) is 2.21. The molecule has 1 aromatic carbocycles. The van der Waals surface area contributed by atoms with E-state index in [4.69, 9.17) is 0 Å². The van der Waals surface area contributed by atoms with Gasteiger partial charge in [0.25, 0.3) is 0 Å². The Balaban J connectivity index is 2.69. The van der Waals surface area contributed by atoms with Gasteiger partial charge in [0.2, 0.25) is 0 Å². The van der Waals surface area contributed by atoms with Gasteiger partial charge in [-0.05, 0) is 43.9 Å². The summed E-state index contributed by atoms with van der Waals surface area (Å²) in [7, 11) is 1.97. The second-order valence-electron chi connectivity index (χ2n) is 5.84. The van der Waals surface area contributed by atoms with Crippen LogP contribution in [0.5, 0.6) is 0 Å². The van der Waals surface area contributed by atoms with E-state index in [-0.39, 0.29) is 11.2 Å². The summed E-state index contributed by atoms with van der Waals surface area (Å²) in [6.45, 7) is 8.63. The highest BCUT2D eigenvalue weighted by Gasteiger charge is 2.22. The molecule has 0 fully saturated rings. The Hall–Kier alpha value is -0.890. The Morgan fingerprint density at radius 2 is 1.94 bits per heavy atom. The van der Waals surface area contributed by atoms with Crippen LogP contribution in [0.1, 0.15) is 38.3 Å². The minimum atomic E-state index is -0.0839. The van der Waals surface area contributed by atoms with E-state index in [1.165, 1.54) is 0 Å². The molecular formula is C15H24FN. The molecule has 0 bridgehead atoms. The highest BCUT2D eigenvalue weighted by Crippen LogP contribution is 2.23. The lowest BCUT2D eigenvalue weighted by molar-refractivity contribution is 0.267. The van der Waals surface area contributed by atoms with Crippen molar-refractivity contribution in [3.8, 4) is 0 Å². The van der Waals surface area contributed by atoms with E-state index in [0.717, 1.165) is 24.0 Å². The van der Waals surface area contributed by atoms with Gasteiger partial charge in [-0.25, -0.2) is 4.39 Å². The topological polar surface area (TPSA) is 12.0 Å². The lowest BCUT2D eigenvalue weighted by Gasteiger charge is -2.30. The van der Waals surface area contributed by atoms with Crippen molar-refractivity contribution in [1.82, 2.24) is 5.32 Å². The molecule has 0 aromatic heterocycles. The maximum atomic E-state index is 13.6. The monoisotopic (exact) mass is 237 g/mol. The van der Waals surface area contributed by atoms with Crippen molar-refractivity contribution in [2.24, 2.45) is 5.41 Å². The largest absolute Gasteiger partial charge is 0.316 e. The molecule has 0 aliphatic carbocycles. The van der Waals surface area contributed by atoms with Crippen molar-refractivity contribution in [3.05, 3.63) is 35.1 Å². The number of rotatable bonds is 4. The predicted molar refractivity (Wildman–Crippen MR) is 71.8 cm³/mol. The number of halogens is 1. The summed E-state index contributed by atoms with van der Waals surface area (Å²) in [6.07, 6.45) is 1.75. The lowest BCUT2D eigenvalue weighted by atomic mass is 9.83. The van der Waals surface area contributed by atoms with E-state index < -0.39 is 0 Å². The number of benzene rings is 1. The van der Waals surface area contributed by atoms with Gasteiger partial charge in [0, 0.05) is 6.04 Å². The standard InChI is InChI=1S/C15H24FN/c1-11-6-8-13(16)12(10-11)7-9-14(17-5)15(2,3)4/h6,8,10,14,17H,7,9H2,1-5H3. The lowest BCUT2D eigenvalue weighted by Crippen LogP contribution is -2.38. The third-order valence-corrected chi connectivity index (χ3v) is 3.30. The minimum Gasteiger partial charge on any atom is -0.316 e. The van der Waals surface area contributed by atoms with Crippen LogP contribution < -0.4 is 5.32 Å². The highest BCUT2D eigenvalue weighted by atomic mass is 19.1. The third-order valence-electron chi connectivity index (χ3n) is 3.30. The third kappa shape index (κ3) is 4.12. The molecule has 0 spiro atoms. The number of aryl methyl sites for hydroxylation is 2. The van der Waals surface area contributed by atoms with E-state index in [0.29, 0.717) is 6.04 Å². The first-order chi connectivity index (χ1) is 7.84. The molecule has 1 rings (SSSR count). The molecule has 2 heteroatoms. The summed E-state index contributed by atoms with van der Waals surface area (Å²) < 4.78 is 13.6. The zero-order valence-electron chi connectivity index (χ0n) is 11.6. The van der Waals surface area contributed by atoms with Crippen molar-refractivity contribution in [3.63, 3.8) is 0 Å². The maximum absolute atomic E-state index is 13.6. The van der Waals surface area contributed by atoms with E-state index in [1.54, 1.807) is 6.07 Å². The molecule has 0 radical (unpaired) electrons. The van der Waals surface area contributed by atoms with Gasteiger partial charge in [0.15, 0.2) is 0 Å². The Kier molecular flexibility index (Phi) is 4.70. The predicted octanol–water partition coefficient (Wildman–Crippen LogP) is 3.70. The quantitative estimate of drug-likeness (QED) is 0.842. The van der Waals surface area contributed by atoms with Crippen LogP contribution in [0.2, 0.25) is 0 Å². The first kappa shape index (κ1) is 14.2. The van der Waals surface area contributed by atoms with Crippen molar-refractivity contribution in [1.29, 1.82) is 0 Å². The van der Waals surface area contributed by atoms with Gasteiger partial charge in [-0.1, -0.05) is 38.5 Å². The van der Waals surface area contributed by atoms with Crippen molar-refractivity contribution >= 4 is 0 Å². The second-order valence-corrected chi connectivity index (χ2v) is 5.84. The van der Waals surface area contributed by atoms with Gasteiger partial charge in [0.05, 0.1) is 0 Å². The molecule has 1 nitrogen and oxygen atoms in total. The second kappa shape index (κ2) is 5.63. The highest BCUT2D eigenvalue weighted by molar-refractivity contribution is 5.24. The summed E-state index contributed by atoms with van der Waals surface area (Å²) >= 11 is 0. The number of hydrogen-bond acceptors (Lipinski definition) is 1. The van der Waals surface area contributed by atoms with Crippen LogP contribution >= 0.6 is 0 Å². The van der Waals surface area contributed by atoms with Gasteiger partial charge < -0.3 is 5.32 Å². The van der Waals surface area contributed by atoms with E-state index in [2.05, 4.69) is 26.1 Å². The molecule has 0 amide bonds. The molecule has 1 atom stereocenters. The molecule has 0 aliphatic heterocycles. The zero-order valence-corrected chi connectivity index (χ0v) is 11.6. The van der Waals surface area contributed by atoms with Crippen molar-refractivity contribution in [2.75, 3.05) is 7.05 Å². The van der Waals surface area contributed by atoms with Crippen LogP contribution in [0.15, 0.2) is 18.2 Å². The maximum Gasteiger partial charge on any atom is 0.126 e. The fourth-order valence-electron chi connectivity index (χ4n) is 2.21. The molecule has 0 aliphatic rings. The normalized spacial score (nSPS) is 13.8. The van der Waals surface area contributed by atoms with Crippen LogP contribution in [-0.4, -0.2) is 13.1 Å². The molecule has 96 valence electrons. The first-order valence-electron chi connectivity index (χ1n) is 6.27. The average Bonchev–Trinajstić information content (AvgIpc) is 2.22. The molecule has 1 unspecified atom stereocenters. The Labute approximate surface area is 104 Å². The molecule has 17 heavy (non-hydrogen) atoms. The summed E-state index contributed by atoms with van der Waals surface area (Å²) in [6, 6.07) is 5.74. The Bertz CT molecular complexity index is 366. The van der Waals surface area contributed by atoms with Gasteiger partial charge in [-0.3, -0.25) is 0 Å². The Morgan fingerprint density at radius 1 is 1.29 bits per heavy atom. The molecule has 0 saturated carbocycles. The van der Waals surface area contributed by atoms with E-state index in [9.17, 15) is 4.39 Å². The SMILES string of the molecule is CNC(CCc1cc(C)ccc1F)C(C)(C)C. The van der Waals surface area contributed by atoms with Gasteiger partial charge in [0.1, 0.15) is 5.82 Å². The van der Waals surface area contributed by atoms with Crippen LogP contribution in [0.4, 0.5) is 4.39 Å². The summed E-state index contributed by atoms with van der Waals surface area (Å²) in [5.74, 6) is -0.0839. The summed E-state index contributed by atoms with van der Waals surface area (Å²) in [5, 5.41) is 3.32. The molecule has 0 saturated heterocycles. The van der Waals surface area contributed by atoms with E-state index >= 15 is 0 Å². The fraction of sp³-hybridized carbons (Fsp3) is 0.600. The molecule has 0 heterocycles. The van der Waals surface area contributed by atoms with Crippen LogP contribution in [0.3, 0.4) is 0 Å². The zero-order chi connectivity index (χ0) is 13.1. The van der Waals surface area contributed by atoms with Crippen LogP contribution in [0, 0.1) is 18.2 Å². The number of hydrogen-bond donors (Lipinski definition) is 1. The van der Waals surface area contributed by atoms with E-state index in [1.807, 2.05) is 26.1 Å². The van der Waals surface area contributed by atoms with Crippen LogP contribution in [0.25, 0.3) is 0 Å². The molecule has 1 N–H and O–H groups in total. The number of nitrogens with one attached hydrogen (secondary N) is 1. The first-order valence-corrected chi connectivity index (χ1v) is 6.27. The van der Waals surface area contributed by atoms with Gasteiger partial charge in [-0.2, -0.15) is 0 Å². The minimum absolute atomic E-state index is 0.0839. The van der Waals surface area contributed by atoms with Gasteiger partial charge >= 0.3 is 0 Å². The summed E-state index contributed by atoms with van der Waals surface area (Å²) in [4.78, 5) is 0. The van der Waals surface area contributed by atoms with Crippen LogP contribution in [-0.2, 0) is 6.42 Å². The summed E-state index contributed by atoms with van der Waals surface area (Å²) in [5.41, 5.74) is 2.15. The van der Waals surface area contributed by atoms with Crippen molar-refractivity contribution < 1.29 is 4.39 Å². The van der Waals surface area contributed by atoms with Gasteiger partial charge in [-0.15, -0.1) is 0 Å². The smallest absolute Gasteiger partial charge is 0.126 e. The average molecular weight is 237 g/mol. The molecule has 1 aromatic rings.